The predicted octanol–water partition coefficient (Wildman–Crippen LogP) is 2.38. The van der Waals surface area contributed by atoms with E-state index >= 15 is 0 Å². The van der Waals surface area contributed by atoms with Crippen LogP contribution in [0.25, 0.3) is 11.4 Å². The van der Waals surface area contributed by atoms with E-state index in [1.54, 1.807) is 31.2 Å². The average molecular weight is 326 g/mol. The second kappa shape index (κ2) is 6.71. The van der Waals surface area contributed by atoms with Crippen LogP contribution in [0.1, 0.15) is 31.6 Å². The molecule has 3 rings (SSSR count). The molecule has 0 aliphatic heterocycles. The number of aryl methyl sites for hydroxylation is 1. The zero-order valence-electron chi connectivity index (χ0n) is 13.4. The minimum atomic E-state index is -0.721. The van der Waals surface area contributed by atoms with Gasteiger partial charge in [-0.15, -0.1) is 0 Å². The number of ether oxygens (including phenoxy) is 1. The number of carbonyl (C=O) groups excluding carboxylic acids is 1. The maximum Gasteiger partial charge on any atom is 0.259 e. The molecule has 7 nitrogen and oxygen atoms in total. The average Bonchev–Trinajstić information content (AvgIpc) is 3.23. The van der Waals surface area contributed by atoms with Crippen molar-refractivity contribution in [3.8, 4) is 23.2 Å². The van der Waals surface area contributed by atoms with E-state index in [1.807, 2.05) is 0 Å². The molecule has 1 heterocycles. The SMILES string of the molecule is Cc1nc(-c2ccc(OCC(=O)NC3(C#N)CCCC3)cc2)no1. The van der Waals surface area contributed by atoms with Crippen molar-refractivity contribution in [1.82, 2.24) is 15.5 Å². The van der Waals surface area contributed by atoms with Crippen molar-refractivity contribution in [2.24, 2.45) is 0 Å². The summed E-state index contributed by atoms with van der Waals surface area (Å²) < 4.78 is 10.4. The first-order chi connectivity index (χ1) is 11.6. The summed E-state index contributed by atoms with van der Waals surface area (Å²) in [7, 11) is 0. The van der Waals surface area contributed by atoms with Gasteiger partial charge in [-0.3, -0.25) is 4.79 Å². The number of carbonyl (C=O) groups is 1. The summed E-state index contributed by atoms with van der Waals surface area (Å²) in [6, 6.07) is 9.30. The largest absolute Gasteiger partial charge is 0.484 e. The summed E-state index contributed by atoms with van der Waals surface area (Å²) in [6.07, 6.45) is 3.33. The molecule has 0 radical (unpaired) electrons. The smallest absolute Gasteiger partial charge is 0.259 e. The molecule has 0 bridgehead atoms. The summed E-state index contributed by atoms with van der Waals surface area (Å²) >= 11 is 0. The van der Waals surface area contributed by atoms with E-state index in [0.29, 0.717) is 30.3 Å². The third-order valence-corrected chi connectivity index (χ3v) is 4.06. The number of benzene rings is 1. The molecule has 0 spiro atoms. The minimum absolute atomic E-state index is 0.121. The monoisotopic (exact) mass is 326 g/mol. The first-order valence-corrected chi connectivity index (χ1v) is 7.86. The normalized spacial score (nSPS) is 15.7. The first-order valence-electron chi connectivity index (χ1n) is 7.86. The van der Waals surface area contributed by atoms with Gasteiger partial charge in [-0.1, -0.05) is 5.16 Å². The van der Waals surface area contributed by atoms with Crippen LogP contribution in [-0.4, -0.2) is 28.2 Å². The molecule has 1 aromatic carbocycles. The Morgan fingerprint density at radius 2 is 2.08 bits per heavy atom. The molecule has 0 atom stereocenters. The van der Waals surface area contributed by atoms with Crippen LogP contribution >= 0.6 is 0 Å². The molecule has 1 N–H and O–H groups in total. The highest BCUT2D eigenvalue weighted by Crippen LogP contribution is 2.28. The second-order valence-electron chi connectivity index (χ2n) is 5.90. The molecule has 1 aliphatic rings. The number of rotatable bonds is 5. The van der Waals surface area contributed by atoms with Crippen LogP contribution in [0.4, 0.5) is 0 Å². The number of nitriles is 1. The van der Waals surface area contributed by atoms with E-state index in [0.717, 1.165) is 18.4 Å². The highest BCUT2D eigenvalue weighted by atomic mass is 16.5. The van der Waals surface area contributed by atoms with Gasteiger partial charge in [0.05, 0.1) is 6.07 Å². The molecule has 1 aliphatic carbocycles. The lowest BCUT2D eigenvalue weighted by Gasteiger charge is -2.21. The van der Waals surface area contributed by atoms with E-state index in [4.69, 9.17) is 9.26 Å². The standard InChI is InChI=1S/C17H18N4O3/c1-12-19-16(21-24-12)13-4-6-14(7-5-13)23-10-15(22)20-17(11-18)8-2-3-9-17/h4-7H,2-3,8-10H2,1H3,(H,20,22). The molecule has 1 saturated carbocycles. The fourth-order valence-corrected chi connectivity index (χ4v) is 2.81. The van der Waals surface area contributed by atoms with Gasteiger partial charge in [-0.05, 0) is 49.9 Å². The van der Waals surface area contributed by atoms with E-state index in [9.17, 15) is 10.1 Å². The Kier molecular flexibility index (Phi) is 4.47. The third kappa shape index (κ3) is 3.54. The second-order valence-corrected chi connectivity index (χ2v) is 5.90. The topological polar surface area (TPSA) is 101 Å². The summed E-state index contributed by atoms with van der Waals surface area (Å²) in [6.45, 7) is 1.61. The van der Waals surface area contributed by atoms with Gasteiger partial charge < -0.3 is 14.6 Å². The Bertz CT molecular complexity index is 755. The maximum atomic E-state index is 12.0. The number of nitrogens with one attached hydrogen (secondary N) is 1. The third-order valence-electron chi connectivity index (χ3n) is 4.06. The maximum absolute atomic E-state index is 12.0. The number of aromatic nitrogens is 2. The fourth-order valence-electron chi connectivity index (χ4n) is 2.81. The lowest BCUT2D eigenvalue weighted by Crippen LogP contribution is -2.47. The van der Waals surface area contributed by atoms with Gasteiger partial charge in [0.15, 0.2) is 6.61 Å². The van der Waals surface area contributed by atoms with Crippen LogP contribution in [0.2, 0.25) is 0 Å². The van der Waals surface area contributed by atoms with Crippen LogP contribution in [0, 0.1) is 18.3 Å². The Morgan fingerprint density at radius 1 is 1.38 bits per heavy atom. The van der Waals surface area contributed by atoms with Crippen LogP contribution in [-0.2, 0) is 4.79 Å². The lowest BCUT2D eigenvalue weighted by molar-refractivity contribution is -0.124. The van der Waals surface area contributed by atoms with Crippen molar-refractivity contribution in [1.29, 1.82) is 5.26 Å². The van der Waals surface area contributed by atoms with E-state index in [1.165, 1.54) is 0 Å². The van der Waals surface area contributed by atoms with Crippen LogP contribution in [0.15, 0.2) is 28.8 Å². The number of hydrogen-bond acceptors (Lipinski definition) is 6. The van der Waals surface area contributed by atoms with Crippen LogP contribution < -0.4 is 10.1 Å². The van der Waals surface area contributed by atoms with Gasteiger partial charge >= 0.3 is 0 Å². The molecule has 124 valence electrons. The Hall–Kier alpha value is -2.88. The van der Waals surface area contributed by atoms with Crippen LogP contribution in [0.3, 0.4) is 0 Å². The van der Waals surface area contributed by atoms with E-state index in [-0.39, 0.29) is 12.5 Å². The van der Waals surface area contributed by atoms with Crippen molar-refractivity contribution >= 4 is 5.91 Å². The van der Waals surface area contributed by atoms with Gasteiger partial charge in [-0.25, -0.2) is 0 Å². The molecule has 1 amide bonds. The Morgan fingerprint density at radius 3 is 2.67 bits per heavy atom. The van der Waals surface area contributed by atoms with Gasteiger partial charge in [0, 0.05) is 12.5 Å². The minimum Gasteiger partial charge on any atom is -0.484 e. The summed E-state index contributed by atoms with van der Waals surface area (Å²) in [5.74, 6) is 1.29. The van der Waals surface area contributed by atoms with Crippen molar-refractivity contribution in [2.45, 2.75) is 38.1 Å². The Balaban J connectivity index is 1.55. The predicted molar refractivity (Wildman–Crippen MR) is 84.9 cm³/mol. The van der Waals surface area contributed by atoms with Crippen molar-refractivity contribution in [2.75, 3.05) is 6.61 Å². The van der Waals surface area contributed by atoms with E-state index < -0.39 is 5.54 Å². The molecular formula is C17H18N4O3. The molecule has 24 heavy (non-hydrogen) atoms. The van der Waals surface area contributed by atoms with Gasteiger partial charge in [-0.2, -0.15) is 10.2 Å². The van der Waals surface area contributed by atoms with E-state index in [2.05, 4.69) is 21.5 Å². The van der Waals surface area contributed by atoms with Gasteiger partial charge in [0.1, 0.15) is 11.3 Å². The molecule has 0 unspecified atom stereocenters. The number of nitrogens with zero attached hydrogens (tertiary/aromatic N) is 3. The Labute approximate surface area is 139 Å². The number of hydrogen-bond donors (Lipinski definition) is 1. The van der Waals surface area contributed by atoms with Gasteiger partial charge in [0.25, 0.3) is 5.91 Å². The van der Waals surface area contributed by atoms with Crippen molar-refractivity contribution < 1.29 is 14.1 Å². The zero-order valence-corrected chi connectivity index (χ0v) is 13.4. The zero-order chi connectivity index (χ0) is 17.0. The molecule has 1 fully saturated rings. The molecule has 7 heteroatoms. The number of amides is 1. The van der Waals surface area contributed by atoms with Crippen LogP contribution in [0.5, 0.6) is 5.75 Å². The summed E-state index contributed by atoms with van der Waals surface area (Å²) in [5.41, 5.74) is 0.0823. The lowest BCUT2D eigenvalue weighted by atomic mass is 10.00. The quantitative estimate of drug-likeness (QED) is 0.905. The molecule has 1 aromatic heterocycles. The molecular weight excluding hydrogens is 308 g/mol. The summed E-state index contributed by atoms with van der Waals surface area (Å²) in [4.78, 5) is 16.2. The van der Waals surface area contributed by atoms with Crippen molar-refractivity contribution in [3.05, 3.63) is 30.2 Å². The molecule has 0 saturated heterocycles. The van der Waals surface area contributed by atoms with Gasteiger partial charge in [0.2, 0.25) is 11.7 Å². The fraction of sp³-hybridized carbons (Fsp3) is 0.412. The summed E-state index contributed by atoms with van der Waals surface area (Å²) in [5, 5.41) is 15.9. The molecule has 2 aromatic rings. The highest BCUT2D eigenvalue weighted by Gasteiger charge is 2.35. The first kappa shape index (κ1) is 16.0. The van der Waals surface area contributed by atoms with Crippen molar-refractivity contribution in [3.63, 3.8) is 0 Å². The highest BCUT2D eigenvalue weighted by molar-refractivity contribution is 5.79.